The zero-order valence-corrected chi connectivity index (χ0v) is 12.7. The van der Waals surface area contributed by atoms with Crippen LogP contribution >= 0.6 is 0 Å². The SMILES string of the molecule is CC(=O)OC1C(=O)c2c(ccc3oc4ccccc4c23)OC1C. The van der Waals surface area contributed by atoms with Gasteiger partial charge < -0.3 is 13.9 Å². The van der Waals surface area contributed by atoms with Crippen LogP contribution in [-0.2, 0) is 9.53 Å². The first-order valence-corrected chi connectivity index (χ1v) is 7.38. The van der Waals surface area contributed by atoms with Crippen LogP contribution in [0.25, 0.3) is 21.9 Å². The normalized spacial score (nSPS) is 20.3. The van der Waals surface area contributed by atoms with Crippen molar-refractivity contribution in [2.75, 3.05) is 0 Å². The molecule has 4 rings (SSSR count). The second-order valence-corrected chi connectivity index (χ2v) is 5.63. The van der Waals surface area contributed by atoms with E-state index < -0.39 is 18.2 Å². The Bertz CT molecular complexity index is 953. The van der Waals surface area contributed by atoms with Gasteiger partial charge in [-0.3, -0.25) is 9.59 Å². The van der Waals surface area contributed by atoms with Crippen LogP contribution in [0.4, 0.5) is 0 Å². The average Bonchev–Trinajstić information content (AvgIpc) is 2.89. The molecule has 23 heavy (non-hydrogen) atoms. The molecule has 0 spiro atoms. The fraction of sp³-hybridized carbons (Fsp3) is 0.222. The summed E-state index contributed by atoms with van der Waals surface area (Å²) in [6.45, 7) is 3.00. The first-order chi connectivity index (χ1) is 11.1. The van der Waals surface area contributed by atoms with E-state index in [1.807, 2.05) is 24.3 Å². The number of rotatable bonds is 1. The highest BCUT2D eigenvalue weighted by atomic mass is 16.6. The van der Waals surface area contributed by atoms with E-state index in [2.05, 4.69) is 0 Å². The number of hydrogen-bond acceptors (Lipinski definition) is 5. The third kappa shape index (κ3) is 2.00. The minimum absolute atomic E-state index is 0.258. The van der Waals surface area contributed by atoms with Gasteiger partial charge in [-0.05, 0) is 25.1 Å². The molecular formula is C18H14O5. The Morgan fingerprint density at radius 3 is 2.70 bits per heavy atom. The minimum Gasteiger partial charge on any atom is -0.486 e. The van der Waals surface area contributed by atoms with E-state index in [4.69, 9.17) is 13.9 Å². The summed E-state index contributed by atoms with van der Waals surface area (Å²) in [4.78, 5) is 24.2. The lowest BCUT2D eigenvalue weighted by Crippen LogP contribution is -2.43. The fourth-order valence-electron chi connectivity index (χ4n) is 3.09. The molecule has 1 aliphatic rings. The molecule has 2 aromatic carbocycles. The number of fused-ring (bicyclic) bond motifs is 5. The topological polar surface area (TPSA) is 65.7 Å². The molecule has 0 fully saturated rings. The zero-order chi connectivity index (χ0) is 16.1. The third-order valence-corrected chi connectivity index (χ3v) is 4.04. The van der Waals surface area contributed by atoms with Crippen LogP contribution in [0.3, 0.4) is 0 Å². The van der Waals surface area contributed by atoms with E-state index >= 15 is 0 Å². The largest absolute Gasteiger partial charge is 0.486 e. The van der Waals surface area contributed by atoms with E-state index in [-0.39, 0.29) is 5.78 Å². The number of carbonyl (C=O) groups is 2. The van der Waals surface area contributed by atoms with Crippen molar-refractivity contribution in [3.8, 4) is 5.75 Å². The van der Waals surface area contributed by atoms with Crippen LogP contribution in [0.5, 0.6) is 5.75 Å². The van der Waals surface area contributed by atoms with Gasteiger partial charge in [0.05, 0.1) is 5.56 Å². The standard InChI is InChI=1S/C18H14O5/c1-9-18(22-10(2)19)17(20)16-14(21-9)8-7-13-15(16)11-5-3-4-6-12(11)23-13/h3-9,18H,1-2H3. The minimum atomic E-state index is -0.945. The van der Waals surface area contributed by atoms with Crippen LogP contribution in [0.15, 0.2) is 40.8 Å². The van der Waals surface area contributed by atoms with Gasteiger partial charge in [0.2, 0.25) is 11.9 Å². The van der Waals surface area contributed by atoms with E-state index in [0.29, 0.717) is 27.9 Å². The maximum absolute atomic E-state index is 12.9. The quantitative estimate of drug-likeness (QED) is 0.644. The van der Waals surface area contributed by atoms with Crippen molar-refractivity contribution in [1.29, 1.82) is 0 Å². The second-order valence-electron chi connectivity index (χ2n) is 5.63. The number of carbonyl (C=O) groups excluding carboxylic acids is 2. The summed E-state index contributed by atoms with van der Waals surface area (Å²) in [5, 5.41) is 1.54. The molecule has 0 saturated heterocycles. The molecule has 116 valence electrons. The Labute approximate surface area is 131 Å². The van der Waals surface area contributed by atoms with Crippen LogP contribution in [-0.4, -0.2) is 24.0 Å². The molecule has 0 saturated carbocycles. The number of Topliss-reactive ketones (excluding diaryl/α,β-unsaturated/α-hetero) is 1. The first kappa shape index (κ1) is 13.8. The summed E-state index contributed by atoms with van der Waals surface area (Å²) in [6.07, 6.45) is -1.48. The Kier molecular flexibility index (Phi) is 2.91. The Hall–Kier alpha value is -2.82. The molecule has 0 aliphatic carbocycles. The van der Waals surface area contributed by atoms with Crippen LogP contribution in [0, 0.1) is 0 Å². The molecule has 2 unspecified atom stereocenters. The molecule has 1 aromatic heterocycles. The van der Waals surface area contributed by atoms with Gasteiger partial charge in [-0.2, -0.15) is 0 Å². The summed E-state index contributed by atoms with van der Waals surface area (Å²) in [5.41, 5.74) is 1.72. The van der Waals surface area contributed by atoms with Gasteiger partial charge in [-0.15, -0.1) is 0 Å². The maximum Gasteiger partial charge on any atom is 0.303 e. The molecule has 3 aromatic rings. The molecule has 0 radical (unpaired) electrons. The highest BCUT2D eigenvalue weighted by Gasteiger charge is 2.39. The third-order valence-electron chi connectivity index (χ3n) is 4.04. The molecule has 2 heterocycles. The molecule has 5 nitrogen and oxygen atoms in total. The first-order valence-electron chi connectivity index (χ1n) is 7.38. The lowest BCUT2D eigenvalue weighted by Gasteiger charge is -2.29. The number of hydrogen-bond donors (Lipinski definition) is 0. The number of para-hydroxylation sites is 1. The fourth-order valence-corrected chi connectivity index (χ4v) is 3.09. The summed E-state index contributed by atoms with van der Waals surface area (Å²) in [5.74, 6) is -0.275. The zero-order valence-electron chi connectivity index (χ0n) is 12.7. The van der Waals surface area contributed by atoms with Gasteiger partial charge in [0.15, 0.2) is 0 Å². The molecule has 2 atom stereocenters. The molecule has 0 bridgehead atoms. The van der Waals surface area contributed by atoms with Gasteiger partial charge in [0, 0.05) is 17.7 Å². The Morgan fingerprint density at radius 2 is 1.91 bits per heavy atom. The molecular weight excluding hydrogens is 296 g/mol. The van der Waals surface area contributed by atoms with Crippen molar-refractivity contribution in [2.24, 2.45) is 0 Å². The monoisotopic (exact) mass is 310 g/mol. The predicted molar refractivity (Wildman–Crippen MR) is 83.7 cm³/mol. The van der Waals surface area contributed by atoms with E-state index in [9.17, 15) is 9.59 Å². The summed E-state index contributed by atoms with van der Waals surface area (Å²) >= 11 is 0. The number of ketones is 1. The van der Waals surface area contributed by atoms with Gasteiger partial charge in [-0.25, -0.2) is 0 Å². The highest BCUT2D eigenvalue weighted by Crippen LogP contribution is 2.39. The van der Waals surface area contributed by atoms with Gasteiger partial charge in [-0.1, -0.05) is 18.2 Å². The van der Waals surface area contributed by atoms with Crippen molar-refractivity contribution in [1.82, 2.24) is 0 Å². The van der Waals surface area contributed by atoms with Crippen molar-refractivity contribution in [2.45, 2.75) is 26.1 Å². The number of benzene rings is 2. The molecule has 1 aliphatic heterocycles. The van der Waals surface area contributed by atoms with E-state index in [0.717, 1.165) is 5.39 Å². The van der Waals surface area contributed by atoms with Crippen LogP contribution in [0.1, 0.15) is 24.2 Å². The maximum atomic E-state index is 12.9. The van der Waals surface area contributed by atoms with Crippen LogP contribution in [0.2, 0.25) is 0 Å². The number of esters is 1. The van der Waals surface area contributed by atoms with Crippen molar-refractivity contribution < 1.29 is 23.5 Å². The summed E-state index contributed by atoms with van der Waals surface area (Å²) in [7, 11) is 0. The Morgan fingerprint density at radius 1 is 1.13 bits per heavy atom. The van der Waals surface area contributed by atoms with Gasteiger partial charge >= 0.3 is 5.97 Å². The average molecular weight is 310 g/mol. The van der Waals surface area contributed by atoms with Crippen LogP contribution < -0.4 is 4.74 Å². The summed E-state index contributed by atoms with van der Waals surface area (Å²) in [6, 6.07) is 11.0. The lowest BCUT2D eigenvalue weighted by molar-refractivity contribution is -0.148. The summed E-state index contributed by atoms with van der Waals surface area (Å²) < 4.78 is 16.8. The van der Waals surface area contributed by atoms with Crippen molar-refractivity contribution in [3.63, 3.8) is 0 Å². The molecule has 5 heteroatoms. The van der Waals surface area contributed by atoms with E-state index in [1.165, 1.54) is 6.92 Å². The lowest BCUT2D eigenvalue weighted by atomic mass is 9.94. The van der Waals surface area contributed by atoms with Crippen molar-refractivity contribution in [3.05, 3.63) is 42.0 Å². The van der Waals surface area contributed by atoms with Gasteiger partial charge in [0.25, 0.3) is 0 Å². The highest BCUT2D eigenvalue weighted by molar-refractivity contribution is 6.20. The van der Waals surface area contributed by atoms with Crippen molar-refractivity contribution >= 4 is 33.7 Å². The Balaban J connectivity index is 2.00. The van der Waals surface area contributed by atoms with Gasteiger partial charge in [0.1, 0.15) is 23.0 Å². The van der Waals surface area contributed by atoms with E-state index in [1.54, 1.807) is 19.1 Å². The second kappa shape index (κ2) is 4.84. The molecule has 0 amide bonds. The number of ether oxygens (including phenoxy) is 2. The number of furan rings is 1. The molecule has 0 N–H and O–H groups in total. The predicted octanol–water partition coefficient (Wildman–Crippen LogP) is 3.48. The smallest absolute Gasteiger partial charge is 0.303 e.